The van der Waals surface area contributed by atoms with E-state index in [4.69, 9.17) is 5.26 Å². The number of nitrogens with one attached hydrogen (secondary N) is 1. The summed E-state index contributed by atoms with van der Waals surface area (Å²) in [7, 11) is 0. The topological polar surface area (TPSA) is 58.6 Å². The lowest BCUT2D eigenvalue weighted by Gasteiger charge is -2.21. The zero-order valence-electron chi connectivity index (χ0n) is 15.0. The van der Waals surface area contributed by atoms with Crippen LogP contribution in [0.4, 0.5) is 0 Å². The standard InChI is InChI=1S/C18H37NO3/c1-4-5-6-7-8-9-10-11-12-13-14-15-16-19-18(2,3)17(20)22-21/h19,21H,4-16H2,1-3H3. The second-order valence-corrected chi connectivity index (χ2v) is 6.82. The summed E-state index contributed by atoms with van der Waals surface area (Å²) < 4.78 is 0. The van der Waals surface area contributed by atoms with E-state index in [0.717, 1.165) is 13.0 Å². The minimum absolute atomic E-state index is 0.633. The van der Waals surface area contributed by atoms with Gasteiger partial charge in [0.2, 0.25) is 0 Å². The van der Waals surface area contributed by atoms with Crippen molar-refractivity contribution >= 4 is 5.97 Å². The van der Waals surface area contributed by atoms with E-state index in [1.165, 1.54) is 70.6 Å². The van der Waals surface area contributed by atoms with Crippen LogP contribution in [0.5, 0.6) is 0 Å². The van der Waals surface area contributed by atoms with Gasteiger partial charge in [-0.1, -0.05) is 77.6 Å². The van der Waals surface area contributed by atoms with E-state index in [1.54, 1.807) is 13.8 Å². The van der Waals surface area contributed by atoms with Crippen LogP contribution in [0.3, 0.4) is 0 Å². The van der Waals surface area contributed by atoms with Gasteiger partial charge in [0.15, 0.2) is 0 Å². The highest BCUT2D eigenvalue weighted by Gasteiger charge is 2.28. The van der Waals surface area contributed by atoms with E-state index in [1.807, 2.05) is 0 Å². The Labute approximate surface area is 136 Å². The summed E-state index contributed by atoms with van der Waals surface area (Å²) in [6.45, 7) is 6.46. The van der Waals surface area contributed by atoms with Crippen molar-refractivity contribution in [2.24, 2.45) is 0 Å². The highest BCUT2D eigenvalue weighted by molar-refractivity contribution is 5.79. The van der Waals surface area contributed by atoms with Crippen molar-refractivity contribution in [1.82, 2.24) is 5.32 Å². The zero-order chi connectivity index (χ0) is 16.7. The molecule has 0 spiro atoms. The number of hydrogen-bond donors (Lipinski definition) is 2. The van der Waals surface area contributed by atoms with E-state index < -0.39 is 11.5 Å². The van der Waals surface area contributed by atoms with Crippen molar-refractivity contribution < 1.29 is 14.9 Å². The molecular weight excluding hydrogens is 278 g/mol. The Morgan fingerprint density at radius 2 is 1.27 bits per heavy atom. The summed E-state index contributed by atoms with van der Waals surface area (Å²) in [5, 5.41) is 11.5. The minimum atomic E-state index is -0.813. The monoisotopic (exact) mass is 315 g/mol. The lowest BCUT2D eigenvalue weighted by atomic mass is 10.0. The normalized spacial score (nSPS) is 11.6. The molecule has 4 heteroatoms. The Morgan fingerprint density at radius 3 is 1.68 bits per heavy atom. The first-order chi connectivity index (χ1) is 10.5. The van der Waals surface area contributed by atoms with Crippen LogP contribution in [0.15, 0.2) is 0 Å². The summed E-state index contributed by atoms with van der Waals surface area (Å²) >= 11 is 0. The maximum absolute atomic E-state index is 11.2. The highest BCUT2D eigenvalue weighted by atomic mass is 17.1. The minimum Gasteiger partial charge on any atom is -0.302 e. The molecule has 0 saturated carbocycles. The zero-order valence-corrected chi connectivity index (χ0v) is 15.0. The van der Waals surface area contributed by atoms with Crippen LogP contribution in [-0.2, 0) is 9.68 Å². The number of unbranched alkanes of at least 4 members (excludes halogenated alkanes) is 11. The summed E-state index contributed by atoms with van der Waals surface area (Å²) in [5.41, 5.74) is -0.813. The van der Waals surface area contributed by atoms with Crippen LogP contribution in [0.2, 0.25) is 0 Å². The van der Waals surface area contributed by atoms with Gasteiger partial charge >= 0.3 is 5.97 Å². The molecule has 0 aliphatic carbocycles. The summed E-state index contributed by atoms with van der Waals surface area (Å²) in [6, 6.07) is 0. The third kappa shape index (κ3) is 12.0. The van der Waals surface area contributed by atoms with Gasteiger partial charge in [0.05, 0.1) is 0 Å². The molecule has 0 fully saturated rings. The van der Waals surface area contributed by atoms with Crippen molar-refractivity contribution in [3.8, 4) is 0 Å². The van der Waals surface area contributed by atoms with E-state index in [9.17, 15) is 4.79 Å². The predicted molar refractivity (Wildman–Crippen MR) is 91.9 cm³/mol. The summed E-state index contributed by atoms with van der Waals surface area (Å²) in [6.07, 6.45) is 15.9. The maximum atomic E-state index is 11.2. The van der Waals surface area contributed by atoms with Crippen molar-refractivity contribution in [1.29, 1.82) is 0 Å². The lowest BCUT2D eigenvalue weighted by molar-refractivity contribution is -0.240. The summed E-state index contributed by atoms with van der Waals surface area (Å²) in [5.74, 6) is -0.633. The molecular formula is C18H37NO3. The molecule has 0 heterocycles. The van der Waals surface area contributed by atoms with Gasteiger partial charge in [-0.2, -0.15) is 5.26 Å². The Morgan fingerprint density at radius 1 is 0.864 bits per heavy atom. The van der Waals surface area contributed by atoms with Gasteiger partial charge in [-0.3, -0.25) is 4.89 Å². The van der Waals surface area contributed by atoms with Gasteiger partial charge in [-0.05, 0) is 26.8 Å². The second-order valence-electron chi connectivity index (χ2n) is 6.82. The Bertz CT molecular complexity index is 267. The Kier molecular flexibility index (Phi) is 13.6. The van der Waals surface area contributed by atoms with Gasteiger partial charge < -0.3 is 5.32 Å². The largest absolute Gasteiger partial charge is 0.361 e. The van der Waals surface area contributed by atoms with Crippen LogP contribution in [0, 0.1) is 0 Å². The molecule has 0 aromatic rings. The summed E-state index contributed by atoms with van der Waals surface area (Å²) in [4.78, 5) is 15.0. The van der Waals surface area contributed by atoms with Gasteiger partial charge in [0.1, 0.15) is 5.54 Å². The quantitative estimate of drug-likeness (QED) is 0.251. The van der Waals surface area contributed by atoms with E-state index in [2.05, 4.69) is 17.1 Å². The molecule has 4 nitrogen and oxygen atoms in total. The second kappa shape index (κ2) is 14.0. The number of carbonyl (C=O) groups is 1. The molecule has 0 saturated heterocycles. The third-order valence-corrected chi connectivity index (χ3v) is 4.19. The van der Waals surface area contributed by atoms with Crippen LogP contribution in [0.1, 0.15) is 97.8 Å². The van der Waals surface area contributed by atoms with Crippen molar-refractivity contribution in [2.75, 3.05) is 6.54 Å². The molecule has 0 rings (SSSR count). The van der Waals surface area contributed by atoms with Gasteiger partial charge in [0, 0.05) is 0 Å². The molecule has 0 aromatic heterocycles. The van der Waals surface area contributed by atoms with Crippen LogP contribution in [0.25, 0.3) is 0 Å². The molecule has 0 radical (unpaired) electrons. The first kappa shape index (κ1) is 21.4. The molecule has 132 valence electrons. The average Bonchev–Trinajstić information content (AvgIpc) is 2.50. The highest BCUT2D eigenvalue weighted by Crippen LogP contribution is 2.12. The van der Waals surface area contributed by atoms with Gasteiger partial charge in [0.25, 0.3) is 0 Å². The first-order valence-corrected chi connectivity index (χ1v) is 9.15. The van der Waals surface area contributed by atoms with Crippen molar-refractivity contribution in [3.05, 3.63) is 0 Å². The number of rotatable bonds is 15. The molecule has 0 aromatic carbocycles. The van der Waals surface area contributed by atoms with E-state index >= 15 is 0 Å². The average molecular weight is 315 g/mol. The molecule has 0 bridgehead atoms. The predicted octanol–water partition coefficient (Wildman–Crippen LogP) is 5.07. The van der Waals surface area contributed by atoms with Crippen molar-refractivity contribution in [3.63, 3.8) is 0 Å². The van der Waals surface area contributed by atoms with E-state index in [0.29, 0.717) is 0 Å². The fourth-order valence-corrected chi connectivity index (χ4v) is 2.55. The molecule has 0 unspecified atom stereocenters. The van der Waals surface area contributed by atoms with E-state index in [-0.39, 0.29) is 0 Å². The fraction of sp³-hybridized carbons (Fsp3) is 0.944. The smallest absolute Gasteiger partial charge is 0.302 e. The number of carbonyl (C=O) groups excluding carboxylic acids is 1. The Hall–Kier alpha value is -0.610. The lowest BCUT2D eigenvalue weighted by Crippen LogP contribution is -2.47. The third-order valence-electron chi connectivity index (χ3n) is 4.19. The SMILES string of the molecule is CCCCCCCCCCCCCCNC(C)(C)C(=O)OO. The van der Waals surface area contributed by atoms with Crippen LogP contribution >= 0.6 is 0 Å². The fourth-order valence-electron chi connectivity index (χ4n) is 2.55. The first-order valence-electron chi connectivity index (χ1n) is 9.15. The molecule has 0 aliphatic rings. The molecule has 0 amide bonds. The molecule has 0 aliphatic heterocycles. The number of hydrogen-bond acceptors (Lipinski definition) is 4. The molecule has 22 heavy (non-hydrogen) atoms. The Balaban J connectivity index is 3.25. The molecule has 0 atom stereocenters. The van der Waals surface area contributed by atoms with Crippen LogP contribution < -0.4 is 5.32 Å². The van der Waals surface area contributed by atoms with Crippen molar-refractivity contribution in [2.45, 2.75) is 103 Å². The molecule has 2 N–H and O–H groups in total. The van der Waals surface area contributed by atoms with Crippen LogP contribution in [-0.4, -0.2) is 23.3 Å². The maximum Gasteiger partial charge on any atom is 0.361 e. The van der Waals surface area contributed by atoms with Gasteiger partial charge in [-0.15, -0.1) is 0 Å². The van der Waals surface area contributed by atoms with Gasteiger partial charge in [-0.25, -0.2) is 4.79 Å².